The van der Waals surface area contributed by atoms with E-state index in [0.29, 0.717) is 16.3 Å². The molecule has 1 amide bonds. The number of benzene rings is 2. The Bertz CT molecular complexity index is 888. The lowest BCUT2D eigenvalue weighted by Gasteiger charge is -2.19. The highest BCUT2D eigenvalue weighted by molar-refractivity contribution is 6.30. The Hall–Kier alpha value is -2.93. The van der Waals surface area contributed by atoms with Crippen molar-refractivity contribution in [3.63, 3.8) is 0 Å². The van der Waals surface area contributed by atoms with Crippen molar-refractivity contribution in [3.8, 4) is 0 Å². The second-order valence-electron chi connectivity index (χ2n) is 7.17. The van der Waals surface area contributed by atoms with E-state index in [1.807, 2.05) is 0 Å². The summed E-state index contributed by atoms with van der Waals surface area (Å²) in [5.74, 6) is -0.993. The molecule has 0 saturated carbocycles. The first-order valence-electron chi connectivity index (χ1n) is 8.61. The van der Waals surface area contributed by atoms with Crippen molar-refractivity contribution in [2.45, 2.75) is 39.2 Å². The summed E-state index contributed by atoms with van der Waals surface area (Å²) < 4.78 is 5.21. The quantitative estimate of drug-likeness (QED) is 0.424. The molecule has 0 unspecified atom stereocenters. The molecular formula is C20H21ClN2O5. The standard InChI is InChI=1S/C20H21ClN2O5/c1-20(2,3)28-19(25)16-10-4-13(12-17(16)23(26)27)5-11-18(24)22-15-8-6-14(21)7-9-15/h4,6-10,12H,5,11H2,1-3H3,(H,22,24). The SMILES string of the molecule is CC(C)(C)OC(=O)c1ccc(CCC(=O)Nc2ccc(Cl)cc2)cc1[N+](=O)[O-]. The van der Waals surface area contributed by atoms with Crippen molar-refractivity contribution in [2.75, 3.05) is 5.32 Å². The average molecular weight is 405 g/mol. The zero-order chi connectivity index (χ0) is 20.9. The van der Waals surface area contributed by atoms with Gasteiger partial charge in [-0.05, 0) is 63.1 Å². The first-order chi connectivity index (χ1) is 13.0. The molecule has 0 aliphatic heterocycles. The van der Waals surface area contributed by atoms with Crippen LogP contribution in [-0.4, -0.2) is 22.4 Å². The van der Waals surface area contributed by atoms with E-state index in [1.54, 1.807) is 51.1 Å². The third kappa shape index (κ3) is 6.35. The monoisotopic (exact) mass is 404 g/mol. The van der Waals surface area contributed by atoms with Crippen molar-refractivity contribution in [1.29, 1.82) is 0 Å². The molecule has 0 aliphatic carbocycles. The highest BCUT2D eigenvalue weighted by Crippen LogP contribution is 2.24. The number of rotatable bonds is 6. The molecule has 7 nitrogen and oxygen atoms in total. The second-order valence-corrected chi connectivity index (χ2v) is 7.60. The lowest BCUT2D eigenvalue weighted by Crippen LogP contribution is -2.24. The molecule has 148 valence electrons. The largest absolute Gasteiger partial charge is 0.456 e. The number of carbonyl (C=O) groups is 2. The molecule has 8 heteroatoms. The van der Waals surface area contributed by atoms with Crippen LogP contribution in [0.25, 0.3) is 0 Å². The van der Waals surface area contributed by atoms with E-state index in [9.17, 15) is 19.7 Å². The van der Waals surface area contributed by atoms with Gasteiger partial charge in [0.2, 0.25) is 5.91 Å². The van der Waals surface area contributed by atoms with Gasteiger partial charge < -0.3 is 10.1 Å². The molecule has 2 rings (SSSR count). The normalized spacial score (nSPS) is 11.0. The predicted molar refractivity (Wildman–Crippen MR) is 107 cm³/mol. The molecule has 2 aromatic carbocycles. The van der Waals surface area contributed by atoms with Crippen molar-refractivity contribution in [1.82, 2.24) is 0 Å². The summed E-state index contributed by atoms with van der Waals surface area (Å²) >= 11 is 5.80. The molecule has 0 bridgehead atoms. The molecule has 0 aliphatic rings. The molecule has 28 heavy (non-hydrogen) atoms. The van der Waals surface area contributed by atoms with Crippen LogP contribution in [0, 0.1) is 10.1 Å². The van der Waals surface area contributed by atoms with Crippen molar-refractivity contribution >= 4 is 34.9 Å². The van der Waals surface area contributed by atoms with E-state index >= 15 is 0 Å². The van der Waals surface area contributed by atoms with Crippen LogP contribution in [0.4, 0.5) is 11.4 Å². The van der Waals surface area contributed by atoms with Gasteiger partial charge in [-0.25, -0.2) is 4.79 Å². The fourth-order valence-corrected chi connectivity index (χ4v) is 2.53. The number of halogens is 1. The summed E-state index contributed by atoms with van der Waals surface area (Å²) in [6.45, 7) is 5.05. The van der Waals surface area contributed by atoms with Crippen LogP contribution in [0.5, 0.6) is 0 Å². The zero-order valence-electron chi connectivity index (χ0n) is 15.8. The maximum absolute atomic E-state index is 12.2. The third-order valence-corrected chi connectivity index (χ3v) is 3.90. The Balaban J connectivity index is 2.06. The number of hydrogen-bond donors (Lipinski definition) is 1. The number of ether oxygens (including phenoxy) is 1. The summed E-state index contributed by atoms with van der Waals surface area (Å²) in [7, 11) is 0. The molecule has 0 fully saturated rings. The second kappa shape index (κ2) is 8.84. The highest BCUT2D eigenvalue weighted by Gasteiger charge is 2.25. The maximum atomic E-state index is 12.2. The number of nitrogens with zero attached hydrogens (tertiary/aromatic N) is 1. The molecule has 0 spiro atoms. The van der Waals surface area contributed by atoms with Crippen LogP contribution in [0.15, 0.2) is 42.5 Å². The number of nitro benzene ring substituents is 1. The van der Waals surface area contributed by atoms with E-state index in [1.165, 1.54) is 12.1 Å². The van der Waals surface area contributed by atoms with Gasteiger partial charge in [0.05, 0.1) is 4.92 Å². The molecule has 0 heterocycles. The van der Waals surface area contributed by atoms with Crippen molar-refractivity contribution in [2.24, 2.45) is 0 Å². The Morgan fingerprint density at radius 3 is 2.36 bits per heavy atom. The Labute approximate surface area is 167 Å². The van der Waals surface area contributed by atoms with Gasteiger partial charge in [-0.2, -0.15) is 0 Å². The number of amides is 1. The summed E-state index contributed by atoms with van der Waals surface area (Å²) in [5.41, 5.74) is -0.0336. The van der Waals surface area contributed by atoms with Gasteiger partial charge >= 0.3 is 5.97 Å². The Kier molecular flexibility index (Phi) is 6.75. The molecule has 0 saturated heterocycles. The molecule has 2 aromatic rings. The summed E-state index contributed by atoms with van der Waals surface area (Å²) in [6, 6.07) is 10.9. The van der Waals surface area contributed by atoms with Crippen LogP contribution in [0.2, 0.25) is 5.02 Å². The number of nitro groups is 1. The summed E-state index contributed by atoms with van der Waals surface area (Å²) in [4.78, 5) is 35.0. The smallest absolute Gasteiger partial charge is 0.345 e. The van der Waals surface area contributed by atoms with Crippen LogP contribution >= 0.6 is 11.6 Å². The van der Waals surface area contributed by atoms with Gasteiger partial charge in [0, 0.05) is 23.2 Å². The van der Waals surface area contributed by atoms with Gasteiger partial charge in [-0.15, -0.1) is 0 Å². The zero-order valence-corrected chi connectivity index (χ0v) is 16.6. The third-order valence-electron chi connectivity index (χ3n) is 3.65. The lowest BCUT2D eigenvalue weighted by atomic mass is 10.0. The fourth-order valence-electron chi connectivity index (χ4n) is 2.40. The minimum atomic E-state index is -0.761. The van der Waals surface area contributed by atoms with Crippen LogP contribution in [-0.2, 0) is 16.0 Å². The van der Waals surface area contributed by atoms with Crippen LogP contribution in [0.1, 0.15) is 43.1 Å². The number of esters is 1. The first kappa shape index (κ1) is 21.4. The van der Waals surface area contributed by atoms with E-state index in [4.69, 9.17) is 16.3 Å². The average Bonchev–Trinajstić information content (AvgIpc) is 2.60. The van der Waals surface area contributed by atoms with E-state index in [-0.39, 0.29) is 30.0 Å². The van der Waals surface area contributed by atoms with Crippen LogP contribution in [0.3, 0.4) is 0 Å². The highest BCUT2D eigenvalue weighted by atomic mass is 35.5. The Morgan fingerprint density at radius 1 is 1.14 bits per heavy atom. The maximum Gasteiger partial charge on any atom is 0.345 e. The number of carbonyl (C=O) groups excluding carboxylic acids is 2. The van der Waals surface area contributed by atoms with Crippen molar-refractivity contribution in [3.05, 3.63) is 68.7 Å². The topological polar surface area (TPSA) is 98.5 Å². The summed E-state index contributed by atoms with van der Waals surface area (Å²) in [5, 5.41) is 14.7. The van der Waals surface area contributed by atoms with Gasteiger partial charge in [-0.3, -0.25) is 14.9 Å². The minimum absolute atomic E-state index is 0.116. The molecule has 1 N–H and O–H groups in total. The van der Waals surface area contributed by atoms with Crippen LogP contribution < -0.4 is 5.32 Å². The number of nitrogens with one attached hydrogen (secondary N) is 1. The molecular weight excluding hydrogens is 384 g/mol. The van der Waals surface area contributed by atoms with Gasteiger partial charge in [0.25, 0.3) is 5.69 Å². The molecule has 0 atom stereocenters. The Morgan fingerprint density at radius 2 is 1.79 bits per heavy atom. The number of anilines is 1. The molecule has 0 aromatic heterocycles. The van der Waals surface area contributed by atoms with Gasteiger partial charge in [0.1, 0.15) is 11.2 Å². The van der Waals surface area contributed by atoms with Gasteiger partial charge in [0.15, 0.2) is 0 Å². The van der Waals surface area contributed by atoms with E-state index < -0.39 is 16.5 Å². The first-order valence-corrected chi connectivity index (χ1v) is 8.99. The summed E-state index contributed by atoms with van der Waals surface area (Å²) in [6.07, 6.45) is 0.417. The number of hydrogen-bond acceptors (Lipinski definition) is 5. The molecule has 0 radical (unpaired) electrons. The predicted octanol–water partition coefficient (Wildman–Crippen LogP) is 4.77. The van der Waals surface area contributed by atoms with Gasteiger partial charge in [-0.1, -0.05) is 17.7 Å². The van der Waals surface area contributed by atoms with E-state index in [2.05, 4.69) is 5.32 Å². The fraction of sp³-hybridized carbons (Fsp3) is 0.300. The number of aryl methyl sites for hydroxylation is 1. The lowest BCUT2D eigenvalue weighted by molar-refractivity contribution is -0.385. The van der Waals surface area contributed by atoms with E-state index in [0.717, 1.165) is 0 Å². The van der Waals surface area contributed by atoms with Crippen molar-refractivity contribution < 1.29 is 19.2 Å². The minimum Gasteiger partial charge on any atom is -0.456 e.